The second kappa shape index (κ2) is 8.39. The summed E-state index contributed by atoms with van der Waals surface area (Å²) in [6, 6.07) is 2.61. The summed E-state index contributed by atoms with van der Waals surface area (Å²) in [5.74, 6) is 0.0325. The van der Waals surface area contributed by atoms with Gasteiger partial charge < -0.3 is 14.0 Å². The molecule has 144 valence electrons. The van der Waals surface area contributed by atoms with Crippen LogP contribution in [0, 0.1) is 0 Å². The molecule has 0 aliphatic heterocycles. The number of hydrogen-bond acceptors (Lipinski definition) is 5. The van der Waals surface area contributed by atoms with E-state index in [-0.39, 0.29) is 5.91 Å². The van der Waals surface area contributed by atoms with E-state index >= 15 is 0 Å². The summed E-state index contributed by atoms with van der Waals surface area (Å²) in [6.07, 6.45) is 1.64. The van der Waals surface area contributed by atoms with Crippen LogP contribution in [0.3, 0.4) is 0 Å². The first kappa shape index (κ1) is 20.7. The van der Waals surface area contributed by atoms with Crippen LogP contribution in [0.5, 0.6) is 5.75 Å². The molecule has 0 saturated heterocycles. The molecule has 0 fully saturated rings. The summed E-state index contributed by atoms with van der Waals surface area (Å²) < 4.78 is 13.1. The highest BCUT2D eigenvalue weighted by Gasteiger charge is 2.24. The minimum absolute atomic E-state index is 0.304. The Balaban J connectivity index is 2.38. The molecule has 26 heavy (non-hydrogen) atoms. The van der Waals surface area contributed by atoms with Crippen LogP contribution in [0.2, 0.25) is 30.7 Å². The van der Waals surface area contributed by atoms with Gasteiger partial charge in [0, 0.05) is 21.7 Å². The topological polar surface area (TPSA) is 65.8 Å². The van der Waals surface area contributed by atoms with Crippen molar-refractivity contribution in [3.63, 3.8) is 0 Å². The standard InChI is InChI=1S/C17H26ClN3O4Si/c1-20(24-3)17(22)12-9-13(18)14-15(16(12)23-2)21(10-19-14)11-25-7-8-26(4,5)6/h9-10H,7-8,11H2,1-6H3. The maximum Gasteiger partial charge on any atom is 0.281 e. The van der Waals surface area contributed by atoms with E-state index in [1.165, 1.54) is 21.3 Å². The lowest BCUT2D eigenvalue weighted by atomic mass is 10.1. The van der Waals surface area contributed by atoms with Crippen LogP contribution in [-0.2, 0) is 16.3 Å². The fourth-order valence-electron chi connectivity index (χ4n) is 2.44. The summed E-state index contributed by atoms with van der Waals surface area (Å²) >= 11 is 6.34. The summed E-state index contributed by atoms with van der Waals surface area (Å²) in [4.78, 5) is 21.9. The van der Waals surface area contributed by atoms with E-state index in [0.717, 1.165) is 11.1 Å². The number of carbonyl (C=O) groups excluding carboxylic acids is 1. The first-order valence-electron chi connectivity index (χ1n) is 8.31. The first-order chi connectivity index (χ1) is 12.2. The van der Waals surface area contributed by atoms with E-state index in [2.05, 4.69) is 24.6 Å². The van der Waals surface area contributed by atoms with Gasteiger partial charge in [0.2, 0.25) is 0 Å². The Bertz CT molecular complexity index is 788. The number of methoxy groups -OCH3 is 1. The van der Waals surface area contributed by atoms with Crippen molar-refractivity contribution in [2.45, 2.75) is 32.4 Å². The molecule has 0 bridgehead atoms. The molecule has 0 spiro atoms. The van der Waals surface area contributed by atoms with Crippen molar-refractivity contribution in [2.75, 3.05) is 27.9 Å². The summed E-state index contributed by atoms with van der Waals surface area (Å²) in [6.45, 7) is 7.89. The Morgan fingerprint density at radius 1 is 1.35 bits per heavy atom. The van der Waals surface area contributed by atoms with Crippen molar-refractivity contribution in [1.82, 2.24) is 14.6 Å². The number of benzene rings is 1. The number of nitrogens with zero attached hydrogens (tertiary/aromatic N) is 3. The highest BCUT2D eigenvalue weighted by molar-refractivity contribution is 6.76. The molecule has 0 unspecified atom stereocenters. The van der Waals surface area contributed by atoms with E-state index in [0.29, 0.717) is 40.7 Å². The number of ether oxygens (including phenoxy) is 2. The average molecular weight is 400 g/mol. The van der Waals surface area contributed by atoms with Gasteiger partial charge in [0.1, 0.15) is 17.8 Å². The Morgan fingerprint density at radius 3 is 2.62 bits per heavy atom. The molecule has 0 radical (unpaired) electrons. The maximum absolute atomic E-state index is 12.6. The minimum Gasteiger partial charge on any atom is -0.494 e. The lowest BCUT2D eigenvalue weighted by molar-refractivity contribution is -0.0758. The van der Waals surface area contributed by atoms with E-state index in [1.54, 1.807) is 17.0 Å². The predicted octanol–water partition coefficient (Wildman–Crippen LogP) is 3.64. The van der Waals surface area contributed by atoms with Crippen molar-refractivity contribution in [3.05, 3.63) is 23.0 Å². The highest BCUT2D eigenvalue weighted by Crippen LogP contribution is 2.35. The van der Waals surface area contributed by atoms with Crippen molar-refractivity contribution in [2.24, 2.45) is 0 Å². The molecule has 1 aromatic carbocycles. The van der Waals surface area contributed by atoms with Crippen LogP contribution in [0.1, 0.15) is 10.4 Å². The van der Waals surface area contributed by atoms with Gasteiger partial charge in [-0.25, -0.2) is 10.0 Å². The summed E-state index contributed by atoms with van der Waals surface area (Å²) in [5.41, 5.74) is 1.49. The average Bonchev–Trinajstić information content (AvgIpc) is 3.01. The number of halogens is 1. The van der Waals surface area contributed by atoms with Crippen molar-refractivity contribution >= 4 is 36.6 Å². The molecule has 2 rings (SSSR count). The number of hydrogen-bond donors (Lipinski definition) is 0. The molecule has 7 nitrogen and oxygen atoms in total. The smallest absolute Gasteiger partial charge is 0.281 e. The number of hydroxylamine groups is 2. The van der Waals surface area contributed by atoms with Crippen LogP contribution >= 0.6 is 11.6 Å². The normalized spacial score (nSPS) is 11.8. The number of aromatic nitrogens is 2. The quantitative estimate of drug-likeness (QED) is 0.385. The van der Waals surface area contributed by atoms with Crippen LogP contribution in [0.15, 0.2) is 12.4 Å². The number of amides is 1. The van der Waals surface area contributed by atoms with Gasteiger partial charge in [0.05, 0.1) is 31.1 Å². The second-order valence-corrected chi connectivity index (χ2v) is 13.2. The van der Waals surface area contributed by atoms with E-state index in [1.807, 2.05) is 0 Å². The van der Waals surface area contributed by atoms with Gasteiger partial charge in [-0.1, -0.05) is 31.2 Å². The molecular formula is C17H26ClN3O4Si. The molecule has 1 heterocycles. The van der Waals surface area contributed by atoms with Crippen LogP contribution < -0.4 is 4.74 Å². The van der Waals surface area contributed by atoms with Gasteiger partial charge in [-0.2, -0.15) is 0 Å². The fourth-order valence-corrected chi connectivity index (χ4v) is 3.44. The third kappa shape index (κ3) is 4.56. The predicted molar refractivity (Wildman–Crippen MR) is 105 cm³/mol. The summed E-state index contributed by atoms with van der Waals surface area (Å²) in [5, 5.41) is 1.49. The molecule has 9 heteroatoms. The Morgan fingerprint density at radius 2 is 2.04 bits per heavy atom. The zero-order valence-corrected chi connectivity index (χ0v) is 17.9. The Kier molecular flexibility index (Phi) is 6.67. The van der Waals surface area contributed by atoms with Crippen molar-refractivity contribution in [3.8, 4) is 5.75 Å². The largest absolute Gasteiger partial charge is 0.494 e. The molecule has 0 N–H and O–H groups in total. The molecule has 1 aromatic heterocycles. The summed E-state index contributed by atoms with van der Waals surface area (Å²) in [7, 11) is 3.29. The van der Waals surface area contributed by atoms with Crippen molar-refractivity contribution < 1.29 is 19.1 Å². The van der Waals surface area contributed by atoms with Gasteiger partial charge in [-0.15, -0.1) is 0 Å². The van der Waals surface area contributed by atoms with Crippen LogP contribution in [-0.4, -0.2) is 56.5 Å². The van der Waals surface area contributed by atoms with Gasteiger partial charge in [-0.3, -0.25) is 9.63 Å². The van der Waals surface area contributed by atoms with E-state index < -0.39 is 8.07 Å². The fraction of sp³-hybridized carbons (Fsp3) is 0.529. The minimum atomic E-state index is -1.16. The monoisotopic (exact) mass is 399 g/mol. The van der Waals surface area contributed by atoms with Gasteiger partial charge >= 0.3 is 0 Å². The van der Waals surface area contributed by atoms with Gasteiger partial charge in [-0.05, 0) is 12.1 Å². The molecule has 2 aromatic rings. The molecule has 0 atom stereocenters. The molecule has 0 aliphatic rings. The lowest BCUT2D eigenvalue weighted by Crippen LogP contribution is -2.26. The van der Waals surface area contributed by atoms with Crippen LogP contribution in [0.4, 0.5) is 0 Å². The maximum atomic E-state index is 12.6. The van der Waals surface area contributed by atoms with Gasteiger partial charge in [0.25, 0.3) is 5.91 Å². The Hall–Kier alpha value is -1.61. The number of fused-ring (bicyclic) bond motifs is 1. The zero-order valence-electron chi connectivity index (χ0n) is 16.1. The number of imidazole rings is 1. The number of carbonyl (C=O) groups is 1. The van der Waals surface area contributed by atoms with E-state index in [4.69, 9.17) is 25.9 Å². The third-order valence-corrected chi connectivity index (χ3v) is 6.01. The SMILES string of the molecule is COc1c(C(=O)N(C)OC)cc(Cl)c2ncn(COCC[Si](C)(C)C)c12. The molecular weight excluding hydrogens is 374 g/mol. The van der Waals surface area contributed by atoms with Crippen molar-refractivity contribution in [1.29, 1.82) is 0 Å². The molecule has 0 aliphatic carbocycles. The first-order valence-corrected chi connectivity index (χ1v) is 12.4. The number of rotatable bonds is 8. The van der Waals surface area contributed by atoms with Gasteiger partial charge in [0.15, 0.2) is 5.75 Å². The molecule has 0 saturated carbocycles. The Labute approximate surface area is 159 Å². The lowest BCUT2D eigenvalue weighted by Gasteiger charge is -2.18. The van der Waals surface area contributed by atoms with Crippen LogP contribution in [0.25, 0.3) is 11.0 Å². The second-order valence-electron chi connectivity index (χ2n) is 7.18. The zero-order chi connectivity index (χ0) is 19.5. The van der Waals surface area contributed by atoms with E-state index in [9.17, 15) is 4.79 Å². The third-order valence-electron chi connectivity index (χ3n) is 4.02. The highest BCUT2D eigenvalue weighted by atomic mass is 35.5. The molecule has 1 amide bonds.